The van der Waals surface area contributed by atoms with Gasteiger partial charge in [0, 0.05) is 6.92 Å². The lowest BCUT2D eigenvalue weighted by molar-refractivity contribution is -0.111. The topological polar surface area (TPSA) is 79.6 Å². The lowest BCUT2D eigenvalue weighted by Gasteiger charge is -1.99. The first kappa shape index (κ1) is 11.9. The molecule has 0 saturated carbocycles. The number of hydrogen-bond acceptors (Lipinski definition) is 4. The van der Waals surface area contributed by atoms with Crippen LogP contribution < -0.4 is 5.32 Å². The van der Waals surface area contributed by atoms with Crippen molar-refractivity contribution in [2.24, 2.45) is 9.98 Å². The van der Waals surface area contributed by atoms with Gasteiger partial charge in [-0.25, -0.2) is 20.0 Å². The van der Waals surface area contributed by atoms with E-state index < -0.39 is 0 Å². The first-order valence-electron chi connectivity index (χ1n) is 4.65. The Morgan fingerprint density at radius 1 is 1.41 bits per heavy atom. The molecule has 0 atom stereocenters. The predicted octanol–water partition coefficient (Wildman–Crippen LogP) is 1.40. The van der Waals surface area contributed by atoms with Gasteiger partial charge in [-0.2, -0.15) is 0 Å². The van der Waals surface area contributed by atoms with Crippen LogP contribution in [-0.4, -0.2) is 34.0 Å². The van der Waals surface area contributed by atoms with Gasteiger partial charge in [-0.1, -0.05) is 23.2 Å². The number of carbonyl (C=O) groups is 1. The summed E-state index contributed by atoms with van der Waals surface area (Å²) in [5.41, 5.74) is 0.639. The number of halogens is 2. The van der Waals surface area contributed by atoms with E-state index in [9.17, 15) is 4.79 Å². The van der Waals surface area contributed by atoms with Crippen LogP contribution >= 0.6 is 23.2 Å². The van der Waals surface area contributed by atoms with Crippen LogP contribution in [0.2, 0.25) is 10.3 Å². The van der Waals surface area contributed by atoms with Crippen LogP contribution in [0.5, 0.6) is 0 Å². The van der Waals surface area contributed by atoms with Gasteiger partial charge < -0.3 is 5.32 Å². The molecule has 8 heteroatoms. The Balaban J connectivity index is 2.36. The van der Waals surface area contributed by atoms with Crippen molar-refractivity contribution in [3.8, 4) is 0 Å². The maximum Gasteiger partial charge on any atom is 0.224 e. The number of ketones is 1. The number of aromatic nitrogens is 2. The average molecular weight is 272 g/mol. The third-order valence-corrected chi connectivity index (χ3v) is 2.57. The van der Waals surface area contributed by atoms with Crippen LogP contribution in [0.4, 0.5) is 5.69 Å². The monoisotopic (exact) mass is 271 g/mol. The molecule has 0 amide bonds. The second-order valence-corrected chi connectivity index (χ2v) is 3.92. The van der Waals surface area contributed by atoms with E-state index in [4.69, 9.17) is 23.2 Å². The summed E-state index contributed by atoms with van der Waals surface area (Å²) < 4.78 is 0. The van der Waals surface area contributed by atoms with E-state index in [1.807, 2.05) is 0 Å². The zero-order valence-corrected chi connectivity index (χ0v) is 10.2. The number of Topliss-reactive ketones (excluding diaryl/α,β-unsaturated/α-hetero) is 1. The lowest BCUT2D eigenvalue weighted by atomic mass is 10.3. The molecule has 1 aromatic rings. The van der Waals surface area contributed by atoms with E-state index in [1.165, 1.54) is 13.3 Å². The molecular formula is C9H7Cl2N5O. The quantitative estimate of drug-likeness (QED) is 0.825. The van der Waals surface area contributed by atoms with Crippen LogP contribution in [0.25, 0.3) is 0 Å². The molecule has 1 aliphatic heterocycles. The molecule has 88 valence electrons. The van der Waals surface area contributed by atoms with Crippen molar-refractivity contribution in [2.75, 3.05) is 6.54 Å². The smallest absolute Gasteiger partial charge is 0.224 e. The maximum atomic E-state index is 11.1. The molecule has 17 heavy (non-hydrogen) atoms. The third-order valence-electron chi connectivity index (χ3n) is 2.01. The fraction of sp³-hybridized carbons (Fsp3) is 0.222. The van der Waals surface area contributed by atoms with Gasteiger partial charge in [-0.3, -0.25) is 4.79 Å². The molecule has 0 aliphatic carbocycles. The van der Waals surface area contributed by atoms with E-state index in [0.29, 0.717) is 12.3 Å². The predicted molar refractivity (Wildman–Crippen MR) is 65.3 cm³/mol. The van der Waals surface area contributed by atoms with Crippen LogP contribution in [0.3, 0.4) is 0 Å². The third kappa shape index (κ3) is 2.59. The number of nitrogens with one attached hydrogen (secondary N) is 1. The van der Waals surface area contributed by atoms with Crippen molar-refractivity contribution in [2.45, 2.75) is 6.92 Å². The van der Waals surface area contributed by atoms with Gasteiger partial charge in [-0.05, 0) is 0 Å². The van der Waals surface area contributed by atoms with Gasteiger partial charge in [0.05, 0.1) is 6.54 Å². The van der Waals surface area contributed by atoms with E-state index in [2.05, 4.69) is 25.3 Å². The van der Waals surface area contributed by atoms with Crippen LogP contribution in [0.15, 0.2) is 16.3 Å². The van der Waals surface area contributed by atoms with Gasteiger partial charge in [0.25, 0.3) is 0 Å². The number of guanidine groups is 1. The average Bonchev–Trinajstić information content (AvgIpc) is 2.72. The van der Waals surface area contributed by atoms with E-state index >= 15 is 0 Å². The second kappa shape index (κ2) is 4.77. The highest BCUT2D eigenvalue weighted by atomic mass is 35.5. The van der Waals surface area contributed by atoms with Crippen molar-refractivity contribution < 1.29 is 4.79 Å². The molecular weight excluding hydrogens is 265 g/mol. The van der Waals surface area contributed by atoms with Gasteiger partial charge >= 0.3 is 0 Å². The van der Waals surface area contributed by atoms with Gasteiger partial charge in [0.15, 0.2) is 16.1 Å². The first-order chi connectivity index (χ1) is 8.08. The minimum absolute atomic E-state index is 0.107. The van der Waals surface area contributed by atoms with E-state index in [0.717, 1.165) is 0 Å². The summed E-state index contributed by atoms with van der Waals surface area (Å²) in [5.74, 6) is 0.165. The zero-order chi connectivity index (χ0) is 12.4. The summed E-state index contributed by atoms with van der Waals surface area (Å²) in [6.45, 7) is 1.78. The highest BCUT2D eigenvalue weighted by Crippen LogP contribution is 2.29. The van der Waals surface area contributed by atoms with Crippen molar-refractivity contribution >= 4 is 46.3 Å². The number of hydrogen-bond donors (Lipinski definition) is 1. The minimum Gasteiger partial charge on any atom is -0.348 e. The Morgan fingerprint density at radius 2 is 2.06 bits per heavy atom. The van der Waals surface area contributed by atoms with Crippen molar-refractivity contribution in [3.05, 3.63) is 16.6 Å². The minimum atomic E-state index is -0.107. The Kier molecular flexibility index (Phi) is 3.35. The Hall–Kier alpha value is -1.53. The van der Waals surface area contributed by atoms with Gasteiger partial charge in [-0.15, -0.1) is 0 Å². The van der Waals surface area contributed by atoms with Crippen LogP contribution in [0.1, 0.15) is 6.92 Å². The van der Waals surface area contributed by atoms with E-state index in [-0.39, 0.29) is 27.7 Å². The largest absolute Gasteiger partial charge is 0.348 e. The Bertz CT molecular complexity index is 520. The summed E-state index contributed by atoms with van der Waals surface area (Å²) >= 11 is 11.6. The molecule has 2 rings (SSSR count). The normalized spacial score (nSPS) is 16.9. The molecule has 0 aromatic carbocycles. The first-order valence-corrected chi connectivity index (χ1v) is 5.40. The summed E-state index contributed by atoms with van der Waals surface area (Å²) in [6.07, 6.45) is 1.24. The number of rotatable bonds is 2. The highest BCUT2D eigenvalue weighted by Gasteiger charge is 2.16. The maximum absolute atomic E-state index is 11.1. The molecule has 0 bridgehead atoms. The Morgan fingerprint density at radius 3 is 2.59 bits per heavy atom. The summed E-state index contributed by atoms with van der Waals surface area (Å²) in [4.78, 5) is 26.7. The van der Waals surface area contributed by atoms with Crippen molar-refractivity contribution in [1.82, 2.24) is 15.3 Å². The molecule has 0 unspecified atom stereocenters. The highest BCUT2D eigenvalue weighted by molar-refractivity contribution is 6.43. The Labute approximate surface area is 107 Å². The molecule has 1 aliphatic rings. The lowest BCUT2D eigenvalue weighted by Crippen LogP contribution is -2.21. The molecule has 2 heterocycles. The standard InChI is InChI=1S/C9H7Cl2N5O/c1-4(17)5-2-12-9(15-5)16-6-7(10)13-3-14-8(6)11/h3H,2H2,1H3,(H,12,16). The zero-order valence-electron chi connectivity index (χ0n) is 8.74. The number of aliphatic imine (C=N–C) groups is 2. The molecule has 0 spiro atoms. The molecule has 0 radical (unpaired) electrons. The van der Waals surface area contributed by atoms with Crippen molar-refractivity contribution in [3.63, 3.8) is 0 Å². The second-order valence-electron chi connectivity index (χ2n) is 3.21. The molecule has 6 nitrogen and oxygen atoms in total. The SMILES string of the molecule is CC(=O)C1=NC(=Nc2c(Cl)ncnc2Cl)NC1. The summed E-state index contributed by atoms with van der Waals surface area (Å²) in [7, 11) is 0. The molecule has 0 saturated heterocycles. The molecule has 1 N–H and O–H groups in total. The van der Waals surface area contributed by atoms with Gasteiger partial charge in [0.1, 0.15) is 17.7 Å². The summed E-state index contributed by atoms with van der Waals surface area (Å²) in [6, 6.07) is 0. The van der Waals surface area contributed by atoms with Crippen LogP contribution in [0, 0.1) is 0 Å². The molecule has 0 fully saturated rings. The molecule has 1 aromatic heterocycles. The number of nitrogens with zero attached hydrogens (tertiary/aromatic N) is 4. The fourth-order valence-corrected chi connectivity index (χ4v) is 1.57. The van der Waals surface area contributed by atoms with Crippen molar-refractivity contribution in [1.29, 1.82) is 0 Å². The van der Waals surface area contributed by atoms with E-state index in [1.54, 1.807) is 0 Å². The fourth-order valence-electron chi connectivity index (χ4n) is 1.17. The number of carbonyl (C=O) groups excluding carboxylic acids is 1. The van der Waals surface area contributed by atoms with Crippen LogP contribution in [-0.2, 0) is 4.79 Å². The summed E-state index contributed by atoms with van der Waals surface area (Å²) in [5, 5.41) is 3.10. The van der Waals surface area contributed by atoms with Gasteiger partial charge in [0.2, 0.25) is 5.96 Å².